The van der Waals surface area contributed by atoms with Gasteiger partial charge in [-0.05, 0) is 42.3 Å². The van der Waals surface area contributed by atoms with Crippen molar-refractivity contribution in [2.75, 3.05) is 6.54 Å². The maximum Gasteiger partial charge on any atom is 0.407 e. The van der Waals surface area contributed by atoms with Gasteiger partial charge in [0.1, 0.15) is 11.9 Å². The monoisotopic (exact) mass is 433 g/mol. The van der Waals surface area contributed by atoms with Crippen LogP contribution in [0.1, 0.15) is 20.8 Å². The fourth-order valence-corrected chi connectivity index (χ4v) is 2.90. The average molecular weight is 434 g/mol. The van der Waals surface area contributed by atoms with E-state index in [1.165, 1.54) is 22.2 Å². The first-order valence-corrected chi connectivity index (χ1v) is 8.81. The molecule has 11 heteroatoms. The summed E-state index contributed by atoms with van der Waals surface area (Å²) in [7, 11) is 0. The molecular formula is C14H17BrFN5O3S. The molecule has 0 saturated heterocycles. The molecule has 0 unspecified atom stereocenters. The molecule has 0 fully saturated rings. The molecule has 0 aliphatic heterocycles. The summed E-state index contributed by atoms with van der Waals surface area (Å²) in [4.78, 5) is 28.0. The molecule has 0 bridgehead atoms. The van der Waals surface area contributed by atoms with E-state index >= 15 is 0 Å². The van der Waals surface area contributed by atoms with Crippen LogP contribution in [0.5, 0.6) is 0 Å². The van der Waals surface area contributed by atoms with Crippen LogP contribution in [0.15, 0.2) is 33.0 Å². The van der Waals surface area contributed by atoms with E-state index in [1.807, 2.05) is 0 Å². The number of amides is 1. The number of hydrogen-bond donors (Lipinski definition) is 1. The number of hydrogen-bond acceptors (Lipinski definition) is 6. The van der Waals surface area contributed by atoms with Crippen molar-refractivity contribution in [1.29, 1.82) is 0 Å². The number of halogens is 2. The SMILES string of the molecule is CC(C)(C)OC(=O)NC/C(=C/F)Cn1ncn(-c2ncc(Br)s2)c1=O. The van der Waals surface area contributed by atoms with Crippen LogP contribution in [0.25, 0.3) is 5.13 Å². The Labute approximate surface area is 155 Å². The molecule has 2 rings (SSSR count). The molecule has 0 radical (unpaired) electrons. The van der Waals surface area contributed by atoms with E-state index in [-0.39, 0.29) is 18.7 Å². The minimum Gasteiger partial charge on any atom is -0.444 e. The number of nitrogens with one attached hydrogen (secondary N) is 1. The lowest BCUT2D eigenvalue weighted by Crippen LogP contribution is -2.34. The second kappa shape index (κ2) is 7.91. The third-order valence-electron chi connectivity index (χ3n) is 2.77. The Hall–Kier alpha value is -2.01. The summed E-state index contributed by atoms with van der Waals surface area (Å²) in [6.45, 7) is 4.96. The molecule has 25 heavy (non-hydrogen) atoms. The number of aromatic nitrogens is 4. The third kappa shape index (κ3) is 5.49. The molecule has 1 amide bonds. The van der Waals surface area contributed by atoms with Gasteiger partial charge in [0.2, 0.25) is 0 Å². The summed E-state index contributed by atoms with van der Waals surface area (Å²) in [5.41, 5.74) is -0.946. The molecule has 2 aromatic heterocycles. The molecule has 0 saturated carbocycles. The van der Waals surface area contributed by atoms with Crippen LogP contribution < -0.4 is 11.0 Å². The number of thiazole rings is 1. The molecule has 8 nitrogen and oxygen atoms in total. The molecule has 2 heterocycles. The van der Waals surface area contributed by atoms with Gasteiger partial charge in [-0.2, -0.15) is 5.10 Å². The van der Waals surface area contributed by atoms with Crippen LogP contribution in [0.2, 0.25) is 0 Å². The topological polar surface area (TPSA) is 91.0 Å². The molecule has 0 aliphatic rings. The first kappa shape index (κ1) is 19.3. The summed E-state index contributed by atoms with van der Waals surface area (Å²) in [6.07, 6.45) is 2.55. The van der Waals surface area contributed by atoms with Gasteiger partial charge in [0.25, 0.3) is 0 Å². The standard InChI is InChI=1S/C14H17BrFN5O3S/c1-14(2,3)24-12(22)18-5-9(4-16)7-21-13(23)20(8-19-21)11-17-6-10(15)25-11/h4,6,8H,5,7H2,1-3H3,(H,18,22)/b9-4-. The van der Waals surface area contributed by atoms with Crippen LogP contribution >= 0.6 is 27.3 Å². The van der Waals surface area contributed by atoms with Crippen LogP contribution in [0.3, 0.4) is 0 Å². The molecule has 136 valence electrons. The minimum atomic E-state index is -0.669. The summed E-state index contributed by atoms with van der Waals surface area (Å²) in [5, 5.41) is 6.82. The van der Waals surface area contributed by atoms with Crippen molar-refractivity contribution in [2.45, 2.75) is 32.9 Å². The maximum absolute atomic E-state index is 13.1. The highest BCUT2D eigenvalue weighted by molar-refractivity contribution is 9.11. The normalized spacial score (nSPS) is 12.3. The zero-order valence-corrected chi connectivity index (χ0v) is 16.2. The predicted octanol–water partition coefficient (Wildman–Crippen LogP) is 2.63. The zero-order valence-electron chi connectivity index (χ0n) is 13.8. The highest BCUT2D eigenvalue weighted by Gasteiger charge is 2.17. The highest BCUT2D eigenvalue weighted by Crippen LogP contribution is 2.20. The van der Waals surface area contributed by atoms with Crippen molar-refractivity contribution in [3.63, 3.8) is 0 Å². The zero-order chi connectivity index (χ0) is 18.6. The average Bonchev–Trinajstić information content (AvgIpc) is 3.08. The number of alkyl carbamates (subject to hydrolysis) is 1. The molecule has 0 aliphatic carbocycles. The lowest BCUT2D eigenvalue weighted by Gasteiger charge is -2.19. The highest BCUT2D eigenvalue weighted by atomic mass is 79.9. The van der Waals surface area contributed by atoms with Gasteiger partial charge >= 0.3 is 11.8 Å². The van der Waals surface area contributed by atoms with Gasteiger partial charge in [-0.1, -0.05) is 11.3 Å². The van der Waals surface area contributed by atoms with Crippen molar-refractivity contribution >= 4 is 33.4 Å². The smallest absolute Gasteiger partial charge is 0.407 e. The number of carbonyl (C=O) groups excluding carboxylic acids is 1. The third-order valence-corrected chi connectivity index (χ3v) is 4.25. The van der Waals surface area contributed by atoms with Gasteiger partial charge in [-0.25, -0.2) is 28.2 Å². The van der Waals surface area contributed by atoms with E-state index in [0.717, 1.165) is 8.47 Å². The van der Waals surface area contributed by atoms with Crippen molar-refractivity contribution < 1.29 is 13.9 Å². The number of rotatable bonds is 5. The van der Waals surface area contributed by atoms with Crippen LogP contribution in [0, 0.1) is 0 Å². The van der Waals surface area contributed by atoms with E-state index in [0.29, 0.717) is 11.5 Å². The molecule has 0 aromatic carbocycles. The van der Waals surface area contributed by atoms with Gasteiger partial charge in [-0.15, -0.1) is 0 Å². The Morgan fingerprint density at radius 3 is 2.80 bits per heavy atom. The first-order chi connectivity index (χ1) is 11.7. The number of ether oxygens (including phenoxy) is 1. The van der Waals surface area contributed by atoms with Crippen molar-refractivity contribution in [1.82, 2.24) is 24.6 Å². The summed E-state index contributed by atoms with van der Waals surface area (Å²) in [6, 6.07) is 0. The van der Waals surface area contributed by atoms with Gasteiger partial charge in [0.15, 0.2) is 5.13 Å². The fraction of sp³-hybridized carbons (Fsp3) is 0.429. The predicted molar refractivity (Wildman–Crippen MR) is 94.6 cm³/mol. The van der Waals surface area contributed by atoms with Gasteiger partial charge in [0.05, 0.1) is 22.9 Å². The Balaban J connectivity index is 2.02. The van der Waals surface area contributed by atoms with E-state index in [4.69, 9.17) is 4.74 Å². The number of nitrogens with zero attached hydrogens (tertiary/aromatic N) is 4. The molecule has 0 spiro atoms. The summed E-state index contributed by atoms with van der Waals surface area (Å²) in [5.74, 6) is 0. The van der Waals surface area contributed by atoms with E-state index in [9.17, 15) is 14.0 Å². The minimum absolute atomic E-state index is 0.104. The van der Waals surface area contributed by atoms with Gasteiger partial charge in [0, 0.05) is 6.54 Å². The second-order valence-corrected chi connectivity index (χ2v) is 8.40. The van der Waals surface area contributed by atoms with Gasteiger partial charge in [-0.3, -0.25) is 0 Å². The van der Waals surface area contributed by atoms with Crippen molar-refractivity contribution in [3.05, 3.63) is 38.7 Å². The van der Waals surface area contributed by atoms with Crippen molar-refractivity contribution in [2.24, 2.45) is 0 Å². The molecule has 2 aromatic rings. The lowest BCUT2D eigenvalue weighted by molar-refractivity contribution is 0.0532. The molecular weight excluding hydrogens is 417 g/mol. The summed E-state index contributed by atoms with van der Waals surface area (Å²) >= 11 is 4.54. The van der Waals surface area contributed by atoms with E-state index < -0.39 is 17.4 Å². The fourth-order valence-electron chi connectivity index (χ4n) is 1.76. The lowest BCUT2D eigenvalue weighted by atomic mass is 10.2. The Kier molecular flexibility index (Phi) is 6.11. The van der Waals surface area contributed by atoms with E-state index in [1.54, 1.807) is 27.0 Å². The van der Waals surface area contributed by atoms with Crippen LogP contribution in [0.4, 0.5) is 9.18 Å². The molecule has 0 atom stereocenters. The Bertz CT molecular complexity index is 836. The van der Waals surface area contributed by atoms with Crippen LogP contribution in [-0.4, -0.2) is 37.6 Å². The van der Waals surface area contributed by atoms with Gasteiger partial charge < -0.3 is 10.1 Å². The largest absolute Gasteiger partial charge is 0.444 e. The number of carbonyl (C=O) groups is 1. The Morgan fingerprint density at radius 2 is 2.24 bits per heavy atom. The van der Waals surface area contributed by atoms with Crippen molar-refractivity contribution in [3.8, 4) is 5.13 Å². The van der Waals surface area contributed by atoms with E-state index in [2.05, 4.69) is 31.3 Å². The Morgan fingerprint density at radius 1 is 1.52 bits per heavy atom. The maximum atomic E-state index is 13.1. The van der Waals surface area contributed by atoms with Crippen LogP contribution in [-0.2, 0) is 11.3 Å². The molecule has 1 N–H and O–H groups in total. The second-order valence-electron chi connectivity index (χ2n) is 6.01. The quantitative estimate of drug-likeness (QED) is 0.782. The summed E-state index contributed by atoms with van der Waals surface area (Å²) < 4.78 is 21.3. The first-order valence-electron chi connectivity index (χ1n) is 7.21.